The lowest BCUT2D eigenvalue weighted by Gasteiger charge is -2.35. The molecular formula is C26H23F2N5O2. The molecule has 7 nitrogen and oxygen atoms in total. The Hall–Kier alpha value is -4.14. The molecule has 9 heteroatoms. The summed E-state index contributed by atoms with van der Waals surface area (Å²) in [5.41, 5.74) is 2.50. The largest absolute Gasteiger partial charge is 0.494 e. The summed E-state index contributed by atoms with van der Waals surface area (Å²) in [5.74, 6) is -0.137. The van der Waals surface area contributed by atoms with Crippen molar-refractivity contribution in [3.8, 4) is 28.3 Å². The van der Waals surface area contributed by atoms with Gasteiger partial charge in [-0.05, 0) is 47.5 Å². The van der Waals surface area contributed by atoms with Gasteiger partial charge in [0.15, 0.2) is 17.5 Å². The lowest BCUT2D eigenvalue weighted by Crippen LogP contribution is -2.48. The molecule has 4 aromatic rings. The number of ether oxygens (including phenoxy) is 1. The van der Waals surface area contributed by atoms with Crippen molar-refractivity contribution < 1.29 is 18.3 Å². The smallest absolute Gasteiger partial charge is 0.219 e. The average molecular weight is 475 g/mol. The van der Waals surface area contributed by atoms with Crippen molar-refractivity contribution in [1.82, 2.24) is 19.9 Å². The van der Waals surface area contributed by atoms with Gasteiger partial charge in [-0.1, -0.05) is 6.07 Å². The first kappa shape index (κ1) is 22.6. The van der Waals surface area contributed by atoms with Crippen LogP contribution < -0.4 is 9.64 Å². The molecule has 0 radical (unpaired) electrons. The molecule has 2 aromatic carbocycles. The third kappa shape index (κ3) is 4.37. The van der Waals surface area contributed by atoms with Crippen LogP contribution in [0.2, 0.25) is 0 Å². The monoisotopic (exact) mass is 475 g/mol. The van der Waals surface area contributed by atoms with Crippen molar-refractivity contribution in [2.75, 3.05) is 38.2 Å². The minimum absolute atomic E-state index is 0.0375. The number of nitrogens with zero attached hydrogens (tertiary/aromatic N) is 5. The van der Waals surface area contributed by atoms with E-state index < -0.39 is 11.6 Å². The predicted octanol–water partition coefficient (Wildman–Crippen LogP) is 4.31. The fourth-order valence-corrected chi connectivity index (χ4v) is 4.28. The van der Waals surface area contributed by atoms with Crippen LogP contribution in [0.4, 0.5) is 14.6 Å². The van der Waals surface area contributed by atoms with Crippen molar-refractivity contribution in [1.29, 1.82) is 0 Å². The lowest BCUT2D eigenvalue weighted by molar-refractivity contribution is -0.129. The normalized spacial score (nSPS) is 13.8. The molecular weight excluding hydrogens is 452 g/mol. The SMILES string of the molecule is COc1cc(-c2ccc(F)c(F)c2)cc2c(N3CCN(C(C)=O)CC3)nc(-c3cccnc3)nc12. The van der Waals surface area contributed by atoms with Crippen LogP contribution in [0.3, 0.4) is 0 Å². The Morgan fingerprint density at radius 1 is 0.943 bits per heavy atom. The average Bonchev–Trinajstić information content (AvgIpc) is 2.89. The highest BCUT2D eigenvalue weighted by atomic mass is 19.2. The van der Waals surface area contributed by atoms with Crippen LogP contribution in [-0.4, -0.2) is 59.0 Å². The summed E-state index contributed by atoms with van der Waals surface area (Å²) >= 11 is 0. The zero-order chi connectivity index (χ0) is 24.5. The highest BCUT2D eigenvalue weighted by Crippen LogP contribution is 2.37. The number of fused-ring (bicyclic) bond motifs is 1. The number of hydrogen-bond acceptors (Lipinski definition) is 6. The van der Waals surface area contributed by atoms with E-state index in [-0.39, 0.29) is 5.91 Å². The Labute approximate surface area is 201 Å². The van der Waals surface area contributed by atoms with Gasteiger partial charge < -0.3 is 14.5 Å². The maximum atomic E-state index is 14.0. The first-order chi connectivity index (χ1) is 16.9. The number of aromatic nitrogens is 3. The quantitative estimate of drug-likeness (QED) is 0.438. The van der Waals surface area contributed by atoms with Crippen LogP contribution in [0.25, 0.3) is 33.4 Å². The number of hydrogen-bond donors (Lipinski definition) is 0. The summed E-state index contributed by atoms with van der Waals surface area (Å²) in [5, 5.41) is 0.716. The summed E-state index contributed by atoms with van der Waals surface area (Å²) in [4.78, 5) is 29.6. The van der Waals surface area contributed by atoms with Gasteiger partial charge in [-0.25, -0.2) is 18.7 Å². The first-order valence-corrected chi connectivity index (χ1v) is 11.2. The van der Waals surface area contributed by atoms with Gasteiger partial charge in [0, 0.05) is 56.4 Å². The molecule has 0 spiro atoms. The van der Waals surface area contributed by atoms with Gasteiger partial charge in [-0.15, -0.1) is 0 Å². The molecule has 3 heterocycles. The molecule has 0 unspecified atom stereocenters. The maximum absolute atomic E-state index is 14.0. The van der Waals surface area contributed by atoms with Gasteiger partial charge in [-0.2, -0.15) is 0 Å². The molecule has 1 saturated heterocycles. The van der Waals surface area contributed by atoms with E-state index in [4.69, 9.17) is 14.7 Å². The maximum Gasteiger partial charge on any atom is 0.219 e. The van der Waals surface area contributed by atoms with Crippen molar-refractivity contribution in [3.63, 3.8) is 0 Å². The Morgan fingerprint density at radius 2 is 1.74 bits per heavy atom. The number of benzene rings is 2. The van der Waals surface area contributed by atoms with E-state index in [0.29, 0.717) is 65.6 Å². The number of amides is 1. The first-order valence-electron chi connectivity index (χ1n) is 11.2. The number of carbonyl (C=O) groups excluding carboxylic acids is 1. The molecule has 1 aliphatic heterocycles. The van der Waals surface area contributed by atoms with Crippen molar-refractivity contribution in [3.05, 3.63) is 66.5 Å². The number of methoxy groups -OCH3 is 1. The molecule has 0 bridgehead atoms. The molecule has 0 saturated carbocycles. The summed E-state index contributed by atoms with van der Waals surface area (Å²) in [6.45, 7) is 3.90. The second-order valence-electron chi connectivity index (χ2n) is 8.31. The van der Waals surface area contributed by atoms with Crippen molar-refractivity contribution in [2.24, 2.45) is 0 Å². The van der Waals surface area contributed by atoms with Crippen molar-refractivity contribution in [2.45, 2.75) is 6.92 Å². The van der Waals surface area contributed by atoms with Crippen LogP contribution in [0.1, 0.15) is 6.92 Å². The number of halogens is 2. The van der Waals surface area contributed by atoms with E-state index in [9.17, 15) is 13.6 Å². The van der Waals surface area contributed by atoms with E-state index in [1.54, 1.807) is 37.4 Å². The number of anilines is 1. The minimum Gasteiger partial charge on any atom is -0.494 e. The predicted molar refractivity (Wildman–Crippen MR) is 129 cm³/mol. The summed E-state index contributed by atoms with van der Waals surface area (Å²) in [7, 11) is 1.54. The van der Waals surface area contributed by atoms with Crippen LogP contribution in [0.15, 0.2) is 54.9 Å². The van der Waals surface area contributed by atoms with E-state index in [1.807, 2.05) is 18.2 Å². The Balaban J connectivity index is 1.70. The molecule has 1 amide bonds. The Bertz CT molecular complexity index is 1410. The zero-order valence-electron chi connectivity index (χ0n) is 19.3. The van der Waals surface area contributed by atoms with Crippen LogP contribution in [0.5, 0.6) is 5.75 Å². The number of pyridine rings is 1. The number of rotatable bonds is 4. The standard InChI is InChI=1S/C26H23F2N5O2/c1-16(34)32-8-10-33(11-9-32)26-20-12-19(17-5-6-21(27)22(28)13-17)14-23(35-2)24(20)30-25(31-26)18-4-3-7-29-15-18/h3-7,12-15H,8-11H2,1-2H3. The fraction of sp³-hybridized carbons (Fsp3) is 0.231. The van der Waals surface area contributed by atoms with E-state index in [2.05, 4.69) is 9.88 Å². The molecule has 178 valence electrons. The summed E-state index contributed by atoms with van der Waals surface area (Å²) in [6, 6.07) is 11.1. The van der Waals surface area contributed by atoms with Gasteiger partial charge in [0.2, 0.25) is 5.91 Å². The molecule has 2 aromatic heterocycles. The summed E-state index contributed by atoms with van der Waals surface area (Å²) < 4.78 is 33.2. The van der Waals surface area contributed by atoms with Gasteiger partial charge in [0.05, 0.1) is 7.11 Å². The third-order valence-electron chi connectivity index (χ3n) is 6.16. The van der Waals surface area contributed by atoms with Gasteiger partial charge in [0.25, 0.3) is 0 Å². The van der Waals surface area contributed by atoms with Gasteiger partial charge in [-0.3, -0.25) is 9.78 Å². The van der Waals surface area contributed by atoms with Gasteiger partial charge >= 0.3 is 0 Å². The number of carbonyl (C=O) groups is 1. The molecule has 1 aliphatic rings. The van der Waals surface area contributed by atoms with Crippen LogP contribution in [0, 0.1) is 11.6 Å². The highest BCUT2D eigenvalue weighted by Gasteiger charge is 2.24. The molecule has 5 rings (SSSR count). The second kappa shape index (κ2) is 9.25. The zero-order valence-corrected chi connectivity index (χ0v) is 19.3. The molecule has 1 fully saturated rings. The summed E-state index contributed by atoms with van der Waals surface area (Å²) in [6.07, 6.45) is 3.38. The Kier molecular flexibility index (Phi) is 5.98. The third-order valence-corrected chi connectivity index (χ3v) is 6.16. The molecule has 0 N–H and O–H groups in total. The second-order valence-corrected chi connectivity index (χ2v) is 8.31. The van der Waals surface area contributed by atoms with Gasteiger partial charge in [0.1, 0.15) is 17.1 Å². The highest BCUT2D eigenvalue weighted by molar-refractivity contribution is 5.98. The van der Waals surface area contributed by atoms with Crippen LogP contribution in [-0.2, 0) is 4.79 Å². The van der Waals surface area contributed by atoms with Crippen LogP contribution >= 0.6 is 0 Å². The van der Waals surface area contributed by atoms with Crippen molar-refractivity contribution >= 4 is 22.6 Å². The molecule has 35 heavy (non-hydrogen) atoms. The minimum atomic E-state index is -0.926. The van der Waals surface area contributed by atoms with E-state index >= 15 is 0 Å². The number of piperazine rings is 1. The van der Waals surface area contributed by atoms with E-state index in [0.717, 1.165) is 17.7 Å². The fourth-order valence-electron chi connectivity index (χ4n) is 4.28. The lowest BCUT2D eigenvalue weighted by atomic mass is 10.0. The Morgan fingerprint density at radius 3 is 2.40 bits per heavy atom. The molecule has 0 aliphatic carbocycles. The topological polar surface area (TPSA) is 71.5 Å². The molecule has 0 atom stereocenters. The van der Waals surface area contributed by atoms with E-state index in [1.165, 1.54) is 6.07 Å².